The van der Waals surface area contributed by atoms with Crippen LogP contribution in [0.15, 0.2) is 18.7 Å². The van der Waals surface area contributed by atoms with Gasteiger partial charge in [-0.25, -0.2) is 0 Å². The number of benzene rings is 1. The summed E-state index contributed by atoms with van der Waals surface area (Å²) >= 11 is 5.52. The van der Waals surface area contributed by atoms with Crippen LogP contribution in [0.3, 0.4) is 0 Å². The second-order valence-electron chi connectivity index (χ2n) is 4.03. The van der Waals surface area contributed by atoms with E-state index in [0.717, 1.165) is 11.1 Å². The number of rotatable bonds is 4. The van der Waals surface area contributed by atoms with E-state index in [9.17, 15) is 9.59 Å². The van der Waals surface area contributed by atoms with Crippen molar-refractivity contribution in [2.75, 3.05) is 0 Å². The first-order chi connectivity index (χ1) is 8.38. The Balaban J connectivity index is 3.52. The molecule has 18 heavy (non-hydrogen) atoms. The van der Waals surface area contributed by atoms with Crippen molar-refractivity contribution in [2.24, 2.45) is 0 Å². The van der Waals surface area contributed by atoms with E-state index in [4.69, 9.17) is 16.3 Å². The number of esters is 1. The Hall–Kier alpha value is -1.61. The first-order valence-corrected chi connectivity index (χ1v) is 5.88. The molecular weight excluding hydrogens is 252 g/mol. The molecule has 1 rings (SSSR count). The number of hydrogen-bond acceptors (Lipinski definition) is 3. The third kappa shape index (κ3) is 2.99. The number of halogens is 1. The van der Waals surface area contributed by atoms with Gasteiger partial charge in [0, 0.05) is 23.6 Å². The average molecular weight is 267 g/mol. The van der Waals surface area contributed by atoms with Crippen molar-refractivity contribution in [3.8, 4) is 5.75 Å². The topological polar surface area (TPSA) is 43.4 Å². The fourth-order valence-electron chi connectivity index (χ4n) is 1.82. The summed E-state index contributed by atoms with van der Waals surface area (Å²) in [6, 6.07) is 1.70. The standard InChI is InChI=1S/C14H15ClO3/c1-5-6-11-8(2)7-12(14(15)17)9(3)13(11)18-10(4)16/h5,7H,1,6H2,2-4H3. The Morgan fingerprint density at radius 2 is 2.06 bits per heavy atom. The normalized spacial score (nSPS) is 10.0. The van der Waals surface area contributed by atoms with Crippen LogP contribution in [0.25, 0.3) is 0 Å². The molecule has 0 aromatic heterocycles. The van der Waals surface area contributed by atoms with Gasteiger partial charge in [-0.1, -0.05) is 6.08 Å². The predicted octanol–water partition coefficient (Wildman–Crippen LogP) is 3.34. The molecular formula is C14H15ClO3. The maximum absolute atomic E-state index is 11.3. The van der Waals surface area contributed by atoms with Crippen LogP contribution in [0.5, 0.6) is 5.75 Å². The third-order valence-electron chi connectivity index (χ3n) is 2.66. The summed E-state index contributed by atoms with van der Waals surface area (Å²) in [6.45, 7) is 8.54. The van der Waals surface area contributed by atoms with Crippen LogP contribution in [-0.2, 0) is 11.2 Å². The van der Waals surface area contributed by atoms with E-state index in [0.29, 0.717) is 23.3 Å². The highest BCUT2D eigenvalue weighted by Crippen LogP contribution is 2.31. The molecule has 0 saturated heterocycles. The molecule has 0 unspecified atom stereocenters. The van der Waals surface area contributed by atoms with E-state index in [1.54, 1.807) is 19.1 Å². The Morgan fingerprint density at radius 1 is 1.44 bits per heavy atom. The lowest BCUT2D eigenvalue weighted by Gasteiger charge is -2.15. The van der Waals surface area contributed by atoms with E-state index < -0.39 is 11.2 Å². The number of ether oxygens (including phenoxy) is 1. The van der Waals surface area contributed by atoms with E-state index in [1.807, 2.05) is 6.92 Å². The summed E-state index contributed by atoms with van der Waals surface area (Å²) in [5.74, 6) is -0.0200. The van der Waals surface area contributed by atoms with Gasteiger partial charge in [-0.3, -0.25) is 9.59 Å². The number of carbonyl (C=O) groups is 2. The van der Waals surface area contributed by atoms with Gasteiger partial charge in [-0.15, -0.1) is 6.58 Å². The fourth-order valence-corrected chi connectivity index (χ4v) is 2.02. The lowest BCUT2D eigenvalue weighted by molar-refractivity contribution is -0.131. The Labute approximate surface area is 111 Å². The van der Waals surface area contributed by atoms with Crippen molar-refractivity contribution in [1.82, 2.24) is 0 Å². The van der Waals surface area contributed by atoms with Crippen molar-refractivity contribution >= 4 is 22.8 Å². The monoisotopic (exact) mass is 266 g/mol. The first-order valence-electron chi connectivity index (χ1n) is 5.50. The van der Waals surface area contributed by atoms with Crippen LogP contribution in [0.1, 0.15) is 34.0 Å². The summed E-state index contributed by atoms with van der Waals surface area (Å²) in [5, 5.41) is -0.561. The zero-order chi connectivity index (χ0) is 13.9. The van der Waals surface area contributed by atoms with Gasteiger partial charge in [0.2, 0.25) is 0 Å². The molecule has 0 heterocycles. The molecule has 0 N–H and O–H groups in total. The van der Waals surface area contributed by atoms with E-state index in [2.05, 4.69) is 6.58 Å². The fraction of sp³-hybridized carbons (Fsp3) is 0.286. The third-order valence-corrected chi connectivity index (χ3v) is 2.87. The summed E-state index contributed by atoms with van der Waals surface area (Å²) < 4.78 is 5.20. The number of allylic oxidation sites excluding steroid dienone is 1. The molecule has 96 valence electrons. The number of aryl methyl sites for hydroxylation is 1. The quantitative estimate of drug-likeness (QED) is 0.363. The van der Waals surface area contributed by atoms with Crippen molar-refractivity contribution in [1.29, 1.82) is 0 Å². The molecule has 0 fully saturated rings. The molecule has 0 aliphatic carbocycles. The van der Waals surface area contributed by atoms with Crippen LogP contribution in [0.4, 0.5) is 0 Å². The predicted molar refractivity (Wildman–Crippen MR) is 71.3 cm³/mol. The molecule has 0 atom stereocenters. The second kappa shape index (κ2) is 5.83. The molecule has 1 aromatic carbocycles. The molecule has 0 radical (unpaired) electrons. The van der Waals surface area contributed by atoms with Crippen LogP contribution in [0, 0.1) is 13.8 Å². The average Bonchev–Trinajstić information content (AvgIpc) is 2.27. The second-order valence-corrected chi connectivity index (χ2v) is 4.38. The van der Waals surface area contributed by atoms with Gasteiger partial charge < -0.3 is 4.74 Å². The van der Waals surface area contributed by atoms with Gasteiger partial charge in [0.05, 0.1) is 0 Å². The molecule has 4 heteroatoms. The number of carbonyl (C=O) groups excluding carboxylic acids is 2. The van der Waals surface area contributed by atoms with E-state index >= 15 is 0 Å². The van der Waals surface area contributed by atoms with Gasteiger partial charge in [0.1, 0.15) is 5.75 Å². The molecule has 0 bridgehead atoms. The van der Waals surface area contributed by atoms with Gasteiger partial charge in [0.25, 0.3) is 5.24 Å². The largest absolute Gasteiger partial charge is 0.426 e. The Kier molecular flexibility index (Phi) is 4.68. The first kappa shape index (κ1) is 14.5. The highest BCUT2D eigenvalue weighted by atomic mass is 35.5. The summed E-state index contributed by atoms with van der Waals surface area (Å²) in [5.41, 5.74) is 2.63. The molecule has 0 aliphatic rings. The van der Waals surface area contributed by atoms with Crippen LogP contribution >= 0.6 is 11.6 Å². The van der Waals surface area contributed by atoms with Crippen LogP contribution in [-0.4, -0.2) is 11.2 Å². The molecule has 0 aliphatic heterocycles. The van der Waals surface area contributed by atoms with Gasteiger partial charge >= 0.3 is 5.97 Å². The van der Waals surface area contributed by atoms with Gasteiger partial charge in [-0.2, -0.15) is 0 Å². The summed E-state index contributed by atoms with van der Waals surface area (Å²) in [6.07, 6.45) is 2.28. The highest BCUT2D eigenvalue weighted by Gasteiger charge is 2.18. The van der Waals surface area contributed by atoms with Crippen LogP contribution in [0.2, 0.25) is 0 Å². The van der Waals surface area contributed by atoms with Crippen molar-refractivity contribution < 1.29 is 14.3 Å². The van der Waals surface area contributed by atoms with Crippen LogP contribution < -0.4 is 4.74 Å². The Bertz CT molecular complexity index is 518. The van der Waals surface area contributed by atoms with E-state index in [-0.39, 0.29) is 0 Å². The molecule has 3 nitrogen and oxygen atoms in total. The minimum Gasteiger partial charge on any atom is -0.426 e. The summed E-state index contributed by atoms with van der Waals surface area (Å²) in [4.78, 5) is 22.5. The maximum Gasteiger partial charge on any atom is 0.308 e. The minimum atomic E-state index is -0.561. The molecule has 1 aromatic rings. The smallest absolute Gasteiger partial charge is 0.308 e. The van der Waals surface area contributed by atoms with Gasteiger partial charge in [-0.05, 0) is 43.5 Å². The van der Waals surface area contributed by atoms with E-state index in [1.165, 1.54) is 6.92 Å². The highest BCUT2D eigenvalue weighted by molar-refractivity contribution is 6.68. The lowest BCUT2D eigenvalue weighted by Crippen LogP contribution is -2.09. The summed E-state index contributed by atoms with van der Waals surface area (Å²) in [7, 11) is 0. The zero-order valence-electron chi connectivity index (χ0n) is 10.7. The zero-order valence-corrected chi connectivity index (χ0v) is 11.4. The van der Waals surface area contributed by atoms with Gasteiger partial charge in [0.15, 0.2) is 0 Å². The van der Waals surface area contributed by atoms with Crippen molar-refractivity contribution in [3.63, 3.8) is 0 Å². The molecule has 0 spiro atoms. The molecule has 0 amide bonds. The van der Waals surface area contributed by atoms with Crippen molar-refractivity contribution in [3.05, 3.63) is 41.0 Å². The number of hydrogen-bond donors (Lipinski definition) is 0. The lowest BCUT2D eigenvalue weighted by atomic mass is 9.96. The minimum absolute atomic E-state index is 0.359. The Morgan fingerprint density at radius 3 is 2.50 bits per heavy atom. The SMILES string of the molecule is C=CCc1c(C)cc(C(=O)Cl)c(C)c1OC(C)=O. The van der Waals surface area contributed by atoms with Crippen molar-refractivity contribution in [2.45, 2.75) is 27.2 Å². The molecule has 0 saturated carbocycles. The maximum atomic E-state index is 11.3.